The molecule has 0 amide bonds. The van der Waals surface area contributed by atoms with Crippen molar-refractivity contribution in [2.45, 2.75) is 70.9 Å². The van der Waals surface area contributed by atoms with E-state index in [9.17, 15) is 0 Å². The summed E-state index contributed by atoms with van der Waals surface area (Å²) >= 11 is 0. The lowest BCUT2D eigenvalue weighted by atomic mass is 9.85. The predicted molar refractivity (Wildman–Crippen MR) is 87.6 cm³/mol. The van der Waals surface area contributed by atoms with Crippen LogP contribution in [0.25, 0.3) is 0 Å². The SMILES string of the molecule is CCC(N)Cc1c(C)nn(C)c1N1CCC2CCCCC21. The number of aromatic nitrogens is 2. The van der Waals surface area contributed by atoms with Gasteiger partial charge in [0.2, 0.25) is 0 Å². The van der Waals surface area contributed by atoms with Crippen LogP contribution in [0, 0.1) is 12.8 Å². The molecule has 1 aliphatic heterocycles. The van der Waals surface area contributed by atoms with Crippen molar-refractivity contribution in [2.75, 3.05) is 11.4 Å². The Labute approximate surface area is 128 Å². The monoisotopic (exact) mass is 290 g/mol. The Morgan fingerprint density at radius 2 is 2.05 bits per heavy atom. The van der Waals surface area contributed by atoms with E-state index < -0.39 is 0 Å². The van der Waals surface area contributed by atoms with E-state index in [1.54, 1.807) is 0 Å². The van der Waals surface area contributed by atoms with E-state index in [2.05, 4.69) is 30.5 Å². The molecule has 4 nitrogen and oxygen atoms in total. The Balaban J connectivity index is 1.90. The van der Waals surface area contributed by atoms with Gasteiger partial charge in [0.25, 0.3) is 0 Å². The van der Waals surface area contributed by atoms with Gasteiger partial charge in [-0.3, -0.25) is 4.68 Å². The number of hydrogen-bond acceptors (Lipinski definition) is 3. The molecule has 0 aromatic carbocycles. The molecule has 2 fully saturated rings. The highest BCUT2D eigenvalue weighted by Crippen LogP contribution is 2.40. The molecule has 2 aliphatic rings. The Bertz CT molecular complexity index is 493. The number of nitrogens with two attached hydrogens (primary N) is 1. The van der Waals surface area contributed by atoms with Gasteiger partial charge in [-0.25, -0.2) is 0 Å². The van der Waals surface area contributed by atoms with Crippen LogP contribution >= 0.6 is 0 Å². The van der Waals surface area contributed by atoms with E-state index in [1.165, 1.54) is 50.0 Å². The maximum absolute atomic E-state index is 6.23. The zero-order valence-corrected chi connectivity index (χ0v) is 13.8. The van der Waals surface area contributed by atoms with E-state index in [-0.39, 0.29) is 6.04 Å². The van der Waals surface area contributed by atoms with E-state index in [0.717, 1.165) is 30.5 Å². The highest BCUT2D eigenvalue weighted by molar-refractivity contribution is 5.52. The lowest BCUT2D eigenvalue weighted by Crippen LogP contribution is -2.36. The van der Waals surface area contributed by atoms with Crippen molar-refractivity contribution in [1.82, 2.24) is 9.78 Å². The third-order valence-electron chi connectivity index (χ3n) is 5.59. The van der Waals surface area contributed by atoms with E-state index in [4.69, 9.17) is 10.8 Å². The molecule has 2 heterocycles. The zero-order valence-electron chi connectivity index (χ0n) is 13.8. The van der Waals surface area contributed by atoms with E-state index >= 15 is 0 Å². The van der Waals surface area contributed by atoms with Crippen molar-refractivity contribution in [3.05, 3.63) is 11.3 Å². The van der Waals surface area contributed by atoms with Crippen molar-refractivity contribution >= 4 is 5.82 Å². The molecule has 3 atom stereocenters. The first kappa shape index (κ1) is 14.9. The molecule has 1 aliphatic carbocycles. The van der Waals surface area contributed by atoms with Gasteiger partial charge in [-0.15, -0.1) is 0 Å². The van der Waals surface area contributed by atoms with Crippen LogP contribution in [0.3, 0.4) is 0 Å². The number of hydrogen-bond donors (Lipinski definition) is 1. The maximum Gasteiger partial charge on any atom is 0.130 e. The van der Waals surface area contributed by atoms with Crippen molar-refractivity contribution in [3.63, 3.8) is 0 Å². The van der Waals surface area contributed by atoms with Gasteiger partial charge in [0.15, 0.2) is 0 Å². The molecular weight excluding hydrogens is 260 g/mol. The van der Waals surface area contributed by atoms with Crippen LogP contribution in [-0.4, -0.2) is 28.4 Å². The van der Waals surface area contributed by atoms with Crippen LogP contribution in [0.15, 0.2) is 0 Å². The minimum atomic E-state index is 0.247. The Morgan fingerprint density at radius 3 is 2.81 bits per heavy atom. The van der Waals surface area contributed by atoms with Gasteiger partial charge in [-0.05, 0) is 44.9 Å². The van der Waals surface area contributed by atoms with Crippen LogP contribution in [0.5, 0.6) is 0 Å². The first-order valence-corrected chi connectivity index (χ1v) is 8.66. The van der Waals surface area contributed by atoms with Gasteiger partial charge in [0.05, 0.1) is 5.69 Å². The van der Waals surface area contributed by atoms with E-state index in [1.807, 2.05) is 0 Å². The molecule has 3 rings (SSSR count). The fourth-order valence-electron chi connectivity index (χ4n) is 4.36. The predicted octanol–water partition coefficient (Wildman–Crippen LogP) is 2.78. The average molecular weight is 290 g/mol. The number of rotatable bonds is 4. The van der Waals surface area contributed by atoms with Gasteiger partial charge >= 0.3 is 0 Å². The first-order valence-electron chi connectivity index (χ1n) is 8.66. The fourth-order valence-corrected chi connectivity index (χ4v) is 4.36. The third-order valence-corrected chi connectivity index (χ3v) is 5.59. The molecule has 1 aromatic rings. The lowest BCUT2D eigenvalue weighted by Gasteiger charge is -2.33. The molecule has 118 valence electrons. The first-order chi connectivity index (χ1) is 10.1. The number of nitrogens with zero attached hydrogens (tertiary/aromatic N) is 3. The van der Waals surface area contributed by atoms with Gasteiger partial charge in [0.1, 0.15) is 5.82 Å². The lowest BCUT2D eigenvalue weighted by molar-refractivity contribution is 0.340. The van der Waals surface area contributed by atoms with Crippen molar-refractivity contribution < 1.29 is 0 Å². The molecule has 0 spiro atoms. The van der Waals surface area contributed by atoms with Crippen molar-refractivity contribution in [3.8, 4) is 0 Å². The molecule has 0 radical (unpaired) electrons. The van der Waals surface area contributed by atoms with Crippen LogP contribution < -0.4 is 10.6 Å². The highest BCUT2D eigenvalue weighted by Gasteiger charge is 2.38. The average Bonchev–Trinajstić information content (AvgIpc) is 3.00. The second-order valence-corrected chi connectivity index (χ2v) is 6.98. The van der Waals surface area contributed by atoms with Gasteiger partial charge in [-0.1, -0.05) is 19.8 Å². The van der Waals surface area contributed by atoms with Crippen LogP contribution in [-0.2, 0) is 13.5 Å². The number of anilines is 1. The second kappa shape index (κ2) is 5.99. The Morgan fingerprint density at radius 1 is 1.29 bits per heavy atom. The number of aryl methyl sites for hydroxylation is 2. The maximum atomic E-state index is 6.23. The molecule has 3 unspecified atom stereocenters. The minimum absolute atomic E-state index is 0.247. The molecule has 1 saturated carbocycles. The standard InChI is InChI=1S/C17H30N4/c1-4-14(18)11-15-12(2)19-20(3)17(15)21-10-9-13-7-5-6-8-16(13)21/h13-14,16H,4-11,18H2,1-3H3. The normalized spacial score (nSPS) is 27.0. The molecule has 1 aromatic heterocycles. The molecule has 21 heavy (non-hydrogen) atoms. The molecule has 1 saturated heterocycles. The fraction of sp³-hybridized carbons (Fsp3) is 0.824. The summed E-state index contributed by atoms with van der Waals surface area (Å²) in [7, 11) is 2.10. The van der Waals surface area contributed by atoms with E-state index in [0.29, 0.717) is 0 Å². The van der Waals surface area contributed by atoms with Gasteiger partial charge < -0.3 is 10.6 Å². The topological polar surface area (TPSA) is 47.1 Å². The Hall–Kier alpha value is -1.03. The quantitative estimate of drug-likeness (QED) is 0.927. The highest BCUT2D eigenvalue weighted by atomic mass is 15.4. The molecule has 4 heteroatoms. The molecule has 0 bridgehead atoms. The smallest absolute Gasteiger partial charge is 0.130 e. The summed E-state index contributed by atoms with van der Waals surface area (Å²) in [4.78, 5) is 2.65. The summed E-state index contributed by atoms with van der Waals surface area (Å²) in [6, 6.07) is 0.988. The summed E-state index contributed by atoms with van der Waals surface area (Å²) in [6.07, 6.45) is 8.93. The summed E-state index contributed by atoms with van der Waals surface area (Å²) in [5.74, 6) is 2.26. The number of fused-ring (bicyclic) bond motifs is 1. The summed E-state index contributed by atoms with van der Waals surface area (Å²) in [5, 5.41) is 4.70. The van der Waals surface area contributed by atoms with Crippen molar-refractivity contribution in [2.24, 2.45) is 18.7 Å². The third kappa shape index (κ3) is 2.70. The zero-order chi connectivity index (χ0) is 15.0. The minimum Gasteiger partial charge on any atom is -0.353 e. The Kier molecular flexibility index (Phi) is 4.25. The summed E-state index contributed by atoms with van der Waals surface area (Å²) in [5.41, 5.74) is 8.78. The van der Waals surface area contributed by atoms with Gasteiger partial charge in [-0.2, -0.15) is 5.10 Å². The largest absolute Gasteiger partial charge is 0.353 e. The van der Waals surface area contributed by atoms with Gasteiger partial charge in [0, 0.05) is 31.2 Å². The van der Waals surface area contributed by atoms with Crippen LogP contribution in [0.1, 0.15) is 56.7 Å². The second-order valence-electron chi connectivity index (χ2n) is 6.98. The summed E-state index contributed by atoms with van der Waals surface area (Å²) < 4.78 is 2.10. The summed E-state index contributed by atoms with van der Waals surface area (Å²) in [6.45, 7) is 5.50. The van der Waals surface area contributed by atoms with Crippen LogP contribution in [0.2, 0.25) is 0 Å². The van der Waals surface area contributed by atoms with Crippen LogP contribution in [0.4, 0.5) is 5.82 Å². The van der Waals surface area contributed by atoms with Crippen molar-refractivity contribution in [1.29, 1.82) is 0 Å². The molecular formula is C17H30N4. The molecule has 2 N–H and O–H groups in total.